The quantitative estimate of drug-likeness (QED) is 0.335. The molecule has 1 amide bonds. The molecular formula is C23H21N3O5. The Balaban J connectivity index is 1.43. The molecule has 2 aromatic carbocycles. The Hall–Kier alpha value is -4.07. The average Bonchev–Trinajstić information content (AvgIpc) is 3.41. The molecule has 0 fully saturated rings. The first-order valence-corrected chi connectivity index (χ1v) is 9.73. The highest BCUT2D eigenvalue weighted by atomic mass is 16.6. The van der Waals surface area contributed by atoms with Crippen molar-refractivity contribution in [3.8, 4) is 17.1 Å². The number of aryl methyl sites for hydroxylation is 1. The molecule has 8 nitrogen and oxygen atoms in total. The van der Waals surface area contributed by atoms with Gasteiger partial charge in [-0.05, 0) is 54.8 Å². The van der Waals surface area contributed by atoms with Crippen molar-refractivity contribution < 1.29 is 18.9 Å². The van der Waals surface area contributed by atoms with Crippen molar-refractivity contribution in [2.24, 2.45) is 0 Å². The fourth-order valence-electron chi connectivity index (χ4n) is 3.50. The van der Waals surface area contributed by atoms with Crippen LogP contribution in [0.5, 0.6) is 5.75 Å². The number of fused-ring (bicyclic) bond motifs is 1. The van der Waals surface area contributed by atoms with E-state index in [4.69, 9.17) is 9.15 Å². The Morgan fingerprint density at radius 3 is 2.81 bits per heavy atom. The molecule has 31 heavy (non-hydrogen) atoms. The van der Waals surface area contributed by atoms with Gasteiger partial charge in [0, 0.05) is 35.8 Å². The lowest BCUT2D eigenvalue weighted by molar-refractivity contribution is -0.384. The number of hydrogen-bond acceptors (Lipinski definition) is 5. The summed E-state index contributed by atoms with van der Waals surface area (Å²) in [7, 11) is 1.62. The van der Waals surface area contributed by atoms with Crippen LogP contribution in [0.2, 0.25) is 0 Å². The third-order valence-corrected chi connectivity index (χ3v) is 5.10. The minimum absolute atomic E-state index is 0.0581. The number of aromatic amines is 1. The van der Waals surface area contributed by atoms with Crippen LogP contribution in [-0.2, 0) is 6.42 Å². The molecule has 4 rings (SSSR count). The van der Waals surface area contributed by atoms with Crippen LogP contribution < -0.4 is 10.1 Å². The third kappa shape index (κ3) is 4.13. The lowest BCUT2D eigenvalue weighted by Gasteiger charge is -2.04. The van der Waals surface area contributed by atoms with Crippen molar-refractivity contribution in [3.05, 3.63) is 81.7 Å². The van der Waals surface area contributed by atoms with Crippen molar-refractivity contribution in [1.29, 1.82) is 0 Å². The van der Waals surface area contributed by atoms with Gasteiger partial charge in [-0.25, -0.2) is 0 Å². The number of nitro groups is 1. The van der Waals surface area contributed by atoms with Crippen LogP contribution in [0.25, 0.3) is 22.2 Å². The molecule has 0 aliphatic carbocycles. The number of nitro benzene ring substituents is 1. The monoisotopic (exact) mass is 419 g/mol. The number of methoxy groups -OCH3 is 1. The summed E-state index contributed by atoms with van der Waals surface area (Å²) in [5, 5.41) is 15.2. The van der Waals surface area contributed by atoms with Gasteiger partial charge in [-0.2, -0.15) is 0 Å². The maximum Gasteiger partial charge on any atom is 0.287 e. The number of carbonyl (C=O) groups is 1. The summed E-state index contributed by atoms with van der Waals surface area (Å²) in [6, 6.07) is 13.8. The van der Waals surface area contributed by atoms with E-state index in [1.807, 2.05) is 24.4 Å². The molecule has 8 heteroatoms. The van der Waals surface area contributed by atoms with E-state index in [1.54, 1.807) is 32.2 Å². The van der Waals surface area contributed by atoms with Crippen molar-refractivity contribution in [3.63, 3.8) is 0 Å². The molecule has 0 saturated carbocycles. The zero-order chi connectivity index (χ0) is 22.0. The lowest BCUT2D eigenvalue weighted by Crippen LogP contribution is -2.25. The molecule has 0 saturated heterocycles. The predicted octanol–water partition coefficient (Wildman–Crippen LogP) is 4.63. The van der Waals surface area contributed by atoms with Gasteiger partial charge in [-0.15, -0.1) is 0 Å². The van der Waals surface area contributed by atoms with Crippen LogP contribution in [0.3, 0.4) is 0 Å². The Bertz CT molecular complexity index is 1270. The molecule has 0 atom stereocenters. The molecule has 2 N–H and O–H groups in total. The van der Waals surface area contributed by atoms with Crippen LogP contribution in [0.1, 0.15) is 21.7 Å². The van der Waals surface area contributed by atoms with E-state index >= 15 is 0 Å². The topological polar surface area (TPSA) is 110 Å². The average molecular weight is 419 g/mol. The summed E-state index contributed by atoms with van der Waals surface area (Å²) in [6.07, 6.45) is 2.55. The maximum atomic E-state index is 12.5. The normalized spacial score (nSPS) is 10.9. The molecule has 0 spiro atoms. The van der Waals surface area contributed by atoms with E-state index in [1.165, 1.54) is 12.1 Å². The highest BCUT2D eigenvalue weighted by Crippen LogP contribution is 2.32. The van der Waals surface area contributed by atoms with Crippen LogP contribution in [0.4, 0.5) is 5.69 Å². The number of aromatic nitrogens is 1. The van der Waals surface area contributed by atoms with Crippen LogP contribution in [0, 0.1) is 17.0 Å². The highest BCUT2D eigenvalue weighted by molar-refractivity contribution is 5.92. The number of benzene rings is 2. The molecule has 0 aliphatic heterocycles. The summed E-state index contributed by atoms with van der Waals surface area (Å²) in [4.78, 5) is 26.6. The van der Waals surface area contributed by atoms with Crippen molar-refractivity contribution >= 4 is 22.5 Å². The molecule has 0 bridgehead atoms. The highest BCUT2D eigenvalue weighted by Gasteiger charge is 2.20. The second-order valence-corrected chi connectivity index (χ2v) is 7.17. The number of ether oxygens (including phenoxy) is 1. The van der Waals surface area contributed by atoms with Gasteiger partial charge in [0.15, 0.2) is 5.76 Å². The number of amides is 1. The second kappa shape index (κ2) is 8.35. The minimum Gasteiger partial charge on any atom is -0.497 e. The van der Waals surface area contributed by atoms with E-state index in [-0.39, 0.29) is 23.1 Å². The summed E-state index contributed by atoms with van der Waals surface area (Å²) >= 11 is 0. The fraction of sp³-hybridized carbons (Fsp3) is 0.174. The minimum atomic E-state index is -0.457. The largest absolute Gasteiger partial charge is 0.497 e. The molecule has 0 radical (unpaired) electrons. The van der Waals surface area contributed by atoms with Gasteiger partial charge in [0.05, 0.1) is 17.6 Å². The van der Waals surface area contributed by atoms with E-state index in [9.17, 15) is 14.9 Å². The molecule has 0 aliphatic rings. The van der Waals surface area contributed by atoms with Gasteiger partial charge >= 0.3 is 0 Å². The standard InChI is InChI=1S/C23H21N3O5/c1-14-3-5-18(20(11-14)26(28)29)21-7-8-22(31-21)23(27)24-10-9-15-13-25-19-12-16(30-2)4-6-17(15)19/h3-8,11-13,25H,9-10H2,1-2H3,(H,24,27). The SMILES string of the molecule is COc1ccc2c(CCNC(=O)c3ccc(-c4ccc(C)cc4[N+](=O)[O-])o3)c[nH]c2c1. The predicted molar refractivity (Wildman–Crippen MR) is 116 cm³/mol. The van der Waals surface area contributed by atoms with Gasteiger partial charge in [-0.3, -0.25) is 14.9 Å². The first kappa shape index (κ1) is 20.2. The summed E-state index contributed by atoms with van der Waals surface area (Å²) in [6.45, 7) is 2.19. The van der Waals surface area contributed by atoms with Crippen LogP contribution in [-0.4, -0.2) is 29.5 Å². The Labute approximate surface area is 178 Å². The molecule has 0 unspecified atom stereocenters. The van der Waals surface area contributed by atoms with Gasteiger partial charge < -0.3 is 19.5 Å². The number of nitrogens with one attached hydrogen (secondary N) is 2. The number of H-pyrrole nitrogens is 1. The molecule has 2 heterocycles. The van der Waals surface area contributed by atoms with Gasteiger partial charge in [0.25, 0.3) is 11.6 Å². The van der Waals surface area contributed by atoms with Gasteiger partial charge in [-0.1, -0.05) is 6.07 Å². The number of rotatable bonds is 7. The molecular weight excluding hydrogens is 398 g/mol. The van der Waals surface area contributed by atoms with Gasteiger partial charge in [0.2, 0.25) is 0 Å². The summed E-state index contributed by atoms with van der Waals surface area (Å²) in [5.74, 6) is 0.787. The number of hydrogen-bond donors (Lipinski definition) is 2. The maximum absolute atomic E-state index is 12.5. The molecule has 158 valence electrons. The van der Waals surface area contributed by atoms with Crippen LogP contribution in [0.15, 0.2) is 59.1 Å². The Kier molecular flexibility index (Phi) is 5.44. The molecule has 2 aromatic heterocycles. The van der Waals surface area contributed by atoms with E-state index in [0.717, 1.165) is 27.8 Å². The number of furan rings is 1. The van der Waals surface area contributed by atoms with Crippen LogP contribution >= 0.6 is 0 Å². The van der Waals surface area contributed by atoms with Crippen molar-refractivity contribution in [1.82, 2.24) is 10.3 Å². The Morgan fingerprint density at radius 1 is 1.19 bits per heavy atom. The Morgan fingerprint density at radius 2 is 2.03 bits per heavy atom. The van der Waals surface area contributed by atoms with E-state index in [0.29, 0.717) is 18.5 Å². The second-order valence-electron chi connectivity index (χ2n) is 7.17. The van der Waals surface area contributed by atoms with E-state index < -0.39 is 4.92 Å². The summed E-state index contributed by atoms with van der Waals surface area (Å²) < 4.78 is 10.8. The zero-order valence-electron chi connectivity index (χ0n) is 17.1. The lowest BCUT2D eigenvalue weighted by atomic mass is 10.1. The third-order valence-electron chi connectivity index (χ3n) is 5.10. The fourth-order valence-corrected chi connectivity index (χ4v) is 3.50. The number of nitrogens with zero attached hydrogens (tertiary/aromatic N) is 1. The van der Waals surface area contributed by atoms with E-state index in [2.05, 4.69) is 10.3 Å². The van der Waals surface area contributed by atoms with Gasteiger partial charge in [0.1, 0.15) is 11.5 Å². The first-order valence-electron chi connectivity index (χ1n) is 9.73. The van der Waals surface area contributed by atoms with Crippen molar-refractivity contribution in [2.45, 2.75) is 13.3 Å². The smallest absolute Gasteiger partial charge is 0.287 e. The molecule has 4 aromatic rings. The van der Waals surface area contributed by atoms with Crippen molar-refractivity contribution in [2.75, 3.05) is 13.7 Å². The first-order chi connectivity index (χ1) is 15.0. The zero-order valence-corrected chi connectivity index (χ0v) is 17.1. The summed E-state index contributed by atoms with van der Waals surface area (Å²) in [5.41, 5.74) is 3.10. The number of carbonyl (C=O) groups excluding carboxylic acids is 1.